The lowest BCUT2D eigenvalue weighted by molar-refractivity contribution is 0.336. The summed E-state index contributed by atoms with van der Waals surface area (Å²) < 4.78 is 10.7. The molecular formula is C12H21ClN2O2S. The molecule has 0 amide bonds. The first-order valence-corrected chi connectivity index (χ1v) is 7.70. The number of ether oxygens (including phenoxy) is 2. The van der Waals surface area contributed by atoms with Gasteiger partial charge < -0.3 is 9.47 Å². The molecule has 1 heterocycles. The second kappa shape index (κ2) is 7.89. The lowest BCUT2D eigenvalue weighted by Crippen LogP contribution is -2.38. The van der Waals surface area contributed by atoms with Crippen LogP contribution < -0.4 is 0 Å². The van der Waals surface area contributed by atoms with Gasteiger partial charge in [-0.15, -0.1) is 11.6 Å². The minimum atomic E-state index is -0.0619. The Morgan fingerprint density at radius 2 is 1.89 bits per heavy atom. The molecule has 0 saturated carbocycles. The summed E-state index contributed by atoms with van der Waals surface area (Å²) in [5.41, 5.74) is 0. The maximum absolute atomic E-state index is 5.67. The minimum absolute atomic E-state index is 0.0424. The fraction of sp³-hybridized carbons (Fsp3) is 0.833. The predicted molar refractivity (Wildman–Crippen MR) is 79.3 cm³/mol. The number of hydrogen-bond donors (Lipinski definition) is 0. The van der Waals surface area contributed by atoms with Crippen LogP contribution in [0.25, 0.3) is 0 Å². The van der Waals surface area contributed by atoms with E-state index in [0.29, 0.717) is 23.6 Å². The molecule has 1 aliphatic heterocycles. The summed E-state index contributed by atoms with van der Waals surface area (Å²) in [5, 5.41) is 0. The molecule has 0 unspecified atom stereocenters. The number of methoxy groups -OCH3 is 2. The molecule has 104 valence electrons. The lowest BCUT2D eigenvalue weighted by atomic mass is 10.0. The summed E-state index contributed by atoms with van der Waals surface area (Å²) in [6, 6.07) is -0.104. The molecule has 2 atom stereocenters. The SMILES string of the molecule is COC1=N[C@H](C(C)C)C(OC)=N[C@H]1CSCCCl. The van der Waals surface area contributed by atoms with Gasteiger partial charge in [0, 0.05) is 17.4 Å². The summed E-state index contributed by atoms with van der Waals surface area (Å²) >= 11 is 7.41. The molecular weight excluding hydrogens is 272 g/mol. The first-order chi connectivity index (χ1) is 8.63. The average molecular weight is 293 g/mol. The van der Waals surface area contributed by atoms with Crippen LogP contribution in [0.4, 0.5) is 0 Å². The molecule has 0 spiro atoms. The second-order valence-electron chi connectivity index (χ2n) is 4.31. The monoisotopic (exact) mass is 292 g/mol. The van der Waals surface area contributed by atoms with Crippen LogP contribution in [0.2, 0.25) is 0 Å². The Kier molecular flexibility index (Phi) is 6.86. The first-order valence-electron chi connectivity index (χ1n) is 6.01. The highest BCUT2D eigenvalue weighted by atomic mass is 35.5. The molecule has 1 rings (SSSR count). The van der Waals surface area contributed by atoms with Gasteiger partial charge in [-0.25, -0.2) is 9.98 Å². The molecule has 0 saturated heterocycles. The molecule has 0 aromatic rings. The molecule has 0 aromatic carbocycles. The fourth-order valence-corrected chi connectivity index (χ4v) is 2.76. The molecule has 6 heteroatoms. The number of halogens is 1. The summed E-state index contributed by atoms with van der Waals surface area (Å²) in [6.45, 7) is 4.19. The zero-order chi connectivity index (χ0) is 13.5. The van der Waals surface area contributed by atoms with Crippen molar-refractivity contribution < 1.29 is 9.47 Å². The van der Waals surface area contributed by atoms with Gasteiger partial charge in [-0.2, -0.15) is 11.8 Å². The second-order valence-corrected chi connectivity index (χ2v) is 5.84. The molecule has 0 aliphatic carbocycles. The quantitative estimate of drug-likeness (QED) is 0.577. The third-order valence-corrected chi connectivity index (χ3v) is 4.09. The van der Waals surface area contributed by atoms with Crippen molar-refractivity contribution in [3.05, 3.63) is 0 Å². The molecule has 0 fully saturated rings. The van der Waals surface area contributed by atoms with Gasteiger partial charge >= 0.3 is 0 Å². The van der Waals surface area contributed by atoms with E-state index in [1.54, 1.807) is 26.0 Å². The molecule has 18 heavy (non-hydrogen) atoms. The maximum atomic E-state index is 5.67. The summed E-state index contributed by atoms with van der Waals surface area (Å²) in [6.07, 6.45) is 0. The van der Waals surface area contributed by atoms with Crippen molar-refractivity contribution in [2.45, 2.75) is 25.9 Å². The number of thioether (sulfide) groups is 1. The van der Waals surface area contributed by atoms with Crippen molar-refractivity contribution in [2.75, 3.05) is 31.6 Å². The Morgan fingerprint density at radius 3 is 2.39 bits per heavy atom. The first kappa shape index (κ1) is 15.6. The fourth-order valence-electron chi connectivity index (χ4n) is 1.72. The Morgan fingerprint density at radius 1 is 1.22 bits per heavy atom. The Labute approximate surface area is 118 Å². The Hall–Kier alpha value is -0.420. The van der Waals surface area contributed by atoms with Crippen LogP contribution in [0.15, 0.2) is 9.98 Å². The third kappa shape index (κ3) is 4.05. The number of hydrogen-bond acceptors (Lipinski definition) is 5. The highest BCUT2D eigenvalue weighted by Crippen LogP contribution is 2.19. The summed E-state index contributed by atoms with van der Waals surface area (Å²) in [7, 11) is 3.28. The molecule has 0 N–H and O–H groups in total. The van der Waals surface area contributed by atoms with Crippen molar-refractivity contribution in [1.29, 1.82) is 0 Å². The topological polar surface area (TPSA) is 43.2 Å². The highest BCUT2D eigenvalue weighted by Gasteiger charge is 2.30. The molecule has 1 aliphatic rings. The third-order valence-electron chi connectivity index (χ3n) is 2.63. The van der Waals surface area contributed by atoms with Gasteiger partial charge in [0.2, 0.25) is 11.8 Å². The van der Waals surface area contributed by atoms with Crippen molar-refractivity contribution >= 4 is 35.2 Å². The number of alkyl halides is 1. The van der Waals surface area contributed by atoms with Gasteiger partial charge in [-0.3, -0.25) is 0 Å². The van der Waals surface area contributed by atoms with Crippen molar-refractivity contribution in [1.82, 2.24) is 0 Å². The van der Waals surface area contributed by atoms with Gasteiger partial charge in [0.1, 0.15) is 12.1 Å². The van der Waals surface area contributed by atoms with E-state index in [1.807, 2.05) is 0 Å². The van der Waals surface area contributed by atoms with Crippen LogP contribution in [0.3, 0.4) is 0 Å². The number of nitrogens with zero attached hydrogens (tertiary/aromatic N) is 2. The molecule has 0 aromatic heterocycles. The highest BCUT2D eigenvalue weighted by molar-refractivity contribution is 7.99. The van der Waals surface area contributed by atoms with E-state index in [4.69, 9.17) is 21.1 Å². The zero-order valence-electron chi connectivity index (χ0n) is 11.4. The lowest BCUT2D eigenvalue weighted by Gasteiger charge is -2.26. The van der Waals surface area contributed by atoms with Gasteiger partial charge in [0.15, 0.2) is 0 Å². The maximum Gasteiger partial charge on any atom is 0.210 e. The van der Waals surface area contributed by atoms with Crippen molar-refractivity contribution in [2.24, 2.45) is 15.9 Å². The van der Waals surface area contributed by atoms with Gasteiger partial charge in [0.05, 0.1) is 14.2 Å². The van der Waals surface area contributed by atoms with Crippen LogP contribution in [0, 0.1) is 5.92 Å². The number of aliphatic imine (C=N–C) groups is 2. The normalized spacial score (nSPS) is 23.7. The van der Waals surface area contributed by atoms with Crippen LogP contribution >= 0.6 is 23.4 Å². The van der Waals surface area contributed by atoms with E-state index >= 15 is 0 Å². The van der Waals surface area contributed by atoms with E-state index in [0.717, 1.165) is 11.5 Å². The van der Waals surface area contributed by atoms with E-state index in [9.17, 15) is 0 Å². The molecule has 4 nitrogen and oxygen atoms in total. The zero-order valence-corrected chi connectivity index (χ0v) is 12.9. The van der Waals surface area contributed by atoms with Crippen LogP contribution in [0.1, 0.15) is 13.8 Å². The summed E-state index contributed by atoms with van der Waals surface area (Å²) in [4.78, 5) is 9.21. The molecule has 0 bridgehead atoms. The van der Waals surface area contributed by atoms with Gasteiger partial charge in [0.25, 0.3) is 0 Å². The van der Waals surface area contributed by atoms with Crippen LogP contribution in [-0.2, 0) is 9.47 Å². The smallest absolute Gasteiger partial charge is 0.210 e. The number of rotatable bonds is 5. The largest absolute Gasteiger partial charge is 0.483 e. The summed E-state index contributed by atoms with van der Waals surface area (Å²) in [5.74, 6) is 4.09. The van der Waals surface area contributed by atoms with E-state index in [2.05, 4.69) is 23.8 Å². The molecule has 0 radical (unpaired) electrons. The van der Waals surface area contributed by atoms with Crippen LogP contribution in [-0.4, -0.2) is 55.5 Å². The van der Waals surface area contributed by atoms with Crippen LogP contribution in [0.5, 0.6) is 0 Å². The predicted octanol–water partition coefficient (Wildman–Crippen LogP) is 2.46. The van der Waals surface area contributed by atoms with Gasteiger partial charge in [-0.1, -0.05) is 13.8 Å². The van der Waals surface area contributed by atoms with Crippen molar-refractivity contribution in [3.63, 3.8) is 0 Å². The van der Waals surface area contributed by atoms with E-state index in [1.165, 1.54) is 0 Å². The van der Waals surface area contributed by atoms with Gasteiger partial charge in [-0.05, 0) is 5.92 Å². The Balaban J connectivity index is 2.78. The average Bonchev–Trinajstić information content (AvgIpc) is 2.38. The van der Waals surface area contributed by atoms with E-state index in [-0.39, 0.29) is 12.1 Å². The Bertz CT molecular complexity index is 321. The van der Waals surface area contributed by atoms with E-state index < -0.39 is 0 Å². The van der Waals surface area contributed by atoms with Crippen molar-refractivity contribution in [3.8, 4) is 0 Å². The standard InChI is InChI=1S/C12H21ClN2O2S/c1-8(2)10-12(17-4)14-9(7-18-6-5-13)11(15-10)16-3/h8-10H,5-7H2,1-4H3/t9-,10+/m0/s1. The minimum Gasteiger partial charge on any atom is -0.483 e.